The highest BCUT2D eigenvalue weighted by atomic mass is 35.5. The first kappa shape index (κ1) is 12.3. The lowest BCUT2D eigenvalue weighted by molar-refractivity contribution is 0.0624. The summed E-state index contributed by atoms with van der Waals surface area (Å²) < 4.78 is 18.2. The molecule has 0 aliphatic carbocycles. The van der Waals surface area contributed by atoms with Gasteiger partial charge in [0.05, 0.1) is 24.4 Å². The second-order valence-corrected chi connectivity index (χ2v) is 4.24. The molecule has 0 aromatic carbocycles. The van der Waals surface area contributed by atoms with Gasteiger partial charge in [0.2, 0.25) is 0 Å². The predicted octanol–water partition coefficient (Wildman–Crippen LogP) is 1.78. The van der Waals surface area contributed by atoms with Gasteiger partial charge in [0.25, 0.3) is 5.91 Å². The maximum absolute atomic E-state index is 13.0. The van der Waals surface area contributed by atoms with Crippen molar-refractivity contribution < 1.29 is 13.9 Å². The van der Waals surface area contributed by atoms with Crippen molar-refractivity contribution >= 4 is 17.5 Å². The third-order valence-electron chi connectivity index (χ3n) is 2.55. The molecule has 1 atom stereocenters. The van der Waals surface area contributed by atoms with E-state index in [1.54, 1.807) is 0 Å². The molecule has 2 heterocycles. The number of carbonyl (C=O) groups excluding carboxylic acids is 1. The summed E-state index contributed by atoms with van der Waals surface area (Å²) in [7, 11) is 0. The minimum absolute atomic E-state index is 0.000581. The van der Waals surface area contributed by atoms with Crippen LogP contribution in [-0.4, -0.2) is 30.1 Å². The molecule has 0 bridgehead atoms. The van der Waals surface area contributed by atoms with Gasteiger partial charge in [-0.05, 0) is 18.9 Å². The Kier molecular flexibility index (Phi) is 3.91. The average molecular weight is 259 g/mol. The van der Waals surface area contributed by atoms with Crippen LogP contribution in [0.5, 0.6) is 0 Å². The SMILES string of the molecule is O=C(NC1CCCOC1)c1cc(F)cnc1Cl. The Morgan fingerprint density at radius 1 is 1.65 bits per heavy atom. The minimum Gasteiger partial charge on any atom is -0.379 e. The fourth-order valence-electron chi connectivity index (χ4n) is 1.70. The van der Waals surface area contributed by atoms with Gasteiger partial charge >= 0.3 is 0 Å². The van der Waals surface area contributed by atoms with Crippen molar-refractivity contribution in [3.8, 4) is 0 Å². The summed E-state index contributed by atoms with van der Waals surface area (Å²) in [4.78, 5) is 15.4. The average Bonchev–Trinajstić information content (AvgIpc) is 2.33. The van der Waals surface area contributed by atoms with Crippen LogP contribution in [0, 0.1) is 5.82 Å². The van der Waals surface area contributed by atoms with E-state index < -0.39 is 11.7 Å². The van der Waals surface area contributed by atoms with E-state index in [2.05, 4.69) is 10.3 Å². The van der Waals surface area contributed by atoms with E-state index in [0.717, 1.165) is 25.1 Å². The Hall–Kier alpha value is -1.20. The van der Waals surface area contributed by atoms with Crippen LogP contribution in [-0.2, 0) is 4.74 Å². The lowest BCUT2D eigenvalue weighted by Crippen LogP contribution is -2.40. The lowest BCUT2D eigenvalue weighted by atomic mass is 10.1. The minimum atomic E-state index is -0.584. The van der Waals surface area contributed by atoms with Crippen molar-refractivity contribution in [1.82, 2.24) is 10.3 Å². The highest BCUT2D eigenvalue weighted by molar-refractivity contribution is 6.32. The predicted molar refractivity (Wildman–Crippen MR) is 60.5 cm³/mol. The van der Waals surface area contributed by atoms with Gasteiger partial charge in [-0.15, -0.1) is 0 Å². The van der Waals surface area contributed by atoms with Crippen LogP contribution in [0.1, 0.15) is 23.2 Å². The van der Waals surface area contributed by atoms with Gasteiger partial charge in [0, 0.05) is 6.61 Å². The number of amides is 1. The summed E-state index contributed by atoms with van der Waals surface area (Å²) >= 11 is 5.74. The van der Waals surface area contributed by atoms with Crippen LogP contribution < -0.4 is 5.32 Å². The van der Waals surface area contributed by atoms with E-state index >= 15 is 0 Å². The van der Waals surface area contributed by atoms with Gasteiger partial charge in [-0.25, -0.2) is 9.37 Å². The highest BCUT2D eigenvalue weighted by Crippen LogP contribution is 2.14. The van der Waals surface area contributed by atoms with Gasteiger partial charge < -0.3 is 10.1 Å². The summed E-state index contributed by atoms with van der Waals surface area (Å²) in [5.41, 5.74) is 0.0530. The second-order valence-electron chi connectivity index (χ2n) is 3.88. The molecule has 1 N–H and O–H groups in total. The zero-order valence-corrected chi connectivity index (χ0v) is 9.84. The van der Waals surface area contributed by atoms with Gasteiger partial charge in [0.1, 0.15) is 11.0 Å². The fourth-order valence-corrected chi connectivity index (χ4v) is 1.89. The van der Waals surface area contributed by atoms with Crippen molar-refractivity contribution in [2.45, 2.75) is 18.9 Å². The molecule has 0 saturated carbocycles. The molecule has 6 heteroatoms. The molecule has 92 valence electrons. The fraction of sp³-hybridized carbons (Fsp3) is 0.455. The Morgan fingerprint density at radius 3 is 3.18 bits per heavy atom. The molecule has 1 unspecified atom stereocenters. The number of carbonyl (C=O) groups is 1. The van der Waals surface area contributed by atoms with Crippen LogP contribution in [0.4, 0.5) is 4.39 Å². The van der Waals surface area contributed by atoms with Crippen LogP contribution in [0.25, 0.3) is 0 Å². The number of rotatable bonds is 2. The highest BCUT2D eigenvalue weighted by Gasteiger charge is 2.19. The number of halogens is 2. The summed E-state index contributed by atoms with van der Waals surface area (Å²) in [6, 6.07) is 1.03. The summed E-state index contributed by atoms with van der Waals surface area (Å²) in [5, 5.41) is 2.75. The quantitative estimate of drug-likeness (QED) is 0.823. The van der Waals surface area contributed by atoms with Gasteiger partial charge in [-0.2, -0.15) is 0 Å². The lowest BCUT2D eigenvalue weighted by Gasteiger charge is -2.23. The Morgan fingerprint density at radius 2 is 2.47 bits per heavy atom. The number of aromatic nitrogens is 1. The maximum Gasteiger partial charge on any atom is 0.254 e. The summed E-state index contributed by atoms with van der Waals surface area (Å²) in [6.45, 7) is 1.20. The van der Waals surface area contributed by atoms with Crippen molar-refractivity contribution in [2.75, 3.05) is 13.2 Å². The molecule has 1 amide bonds. The zero-order chi connectivity index (χ0) is 12.3. The van der Waals surface area contributed by atoms with Crippen molar-refractivity contribution in [2.24, 2.45) is 0 Å². The molecule has 1 saturated heterocycles. The number of pyridine rings is 1. The van der Waals surface area contributed by atoms with E-state index in [1.807, 2.05) is 0 Å². The van der Waals surface area contributed by atoms with E-state index in [9.17, 15) is 9.18 Å². The maximum atomic E-state index is 13.0. The summed E-state index contributed by atoms with van der Waals surface area (Å²) in [6.07, 6.45) is 2.73. The monoisotopic (exact) mass is 258 g/mol. The zero-order valence-electron chi connectivity index (χ0n) is 9.08. The molecule has 1 aliphatic heterocycles. The molecule has 4 nitrogen and oxygen atoms in total. The van der Waals surface area contributed by atoms with Gasteiger partial charge in [0.15, 0.2) is 0 Å². The molecular weight excluding hydrogens is 247 g/mol. The van der Waals surface area contributed by atoms with Crippen LogP contribution >= 0.6 is 11.6 Å². The normalized spacial score (nSPS) is 20.0. The Labute approximate surface area is 103 Å². The molecule has 2 rings (SSSR count). The van der Waals surface area contributed by atoms with Crippen LogP contribution in [0.2, 0.25) is 5.15 Å². The third kappa shape index (κ3) is 3.14. The third-order valence-corrected chi connectivity index (χ3v) is 2.85. The van der Waals surface area contributed by atoms with E-state index in [1.165, 1.54) is 0 Å². The topological polar surface area (TPSA) is 51.2 Å². The molecule has 17 heavy (non-hydrogen) atoms. The standard InChI is InChI=1S/C11H12ClFN2O2/c12-10-9(4-7(13)5-14-10)11(16)15-8-2-1-3-17-6-8/h4-5,8H,1-3,6H2,(H,15,16). The number of nitrogens with one attached hydrogen (secondary N) is 1. The molecule has 1 aromatic rings. The molecule has 1 aliphatic rings. The smallest absolute Gasteiger partial charge is 0.254 e. The van der Waals surface area contributed by atoms with E-state index in [4.69, 9.17) is 16.3 Å². The van der Waals surface area contributed by atoms with E-state index in [0.29, 0.717) is 13.2 Å². The Bertz CT molecular complexity index is 422. The van der Waals surface area contributed by atoms with Crippen molar-refractivity contribution in [3.63, 3.8) is 0 Å². The summed E-state index contributed by atoms with van der Waals surface area (Å²) in [5.74, 6) is -1.00. The first-order valence-electron chi connectivity index (χ1n) is 5.36. The molecule has 1 aromatic heterocycles. The molecule has 0 spiro atoms. The number of hydrogen-bond acceptors (Lipinski definition) is 3. The first-order valence-corrected chi connectivity index (χ1v) is 5.74. The second kappa shape index (κ2) is 5.42. The first-order chi connectivity index (χ1) is 8.16. The Balaban J connectivity index is 2.05. The molecule has 1 fully saturated rings. The molecular formula is C11H12ClFN2O2. The molecule has 0 radical (unpaired) electrons. The number of ether oxygens (including phenoxy) is 1. The van der Waals surface area contributed by atoms with E-state index in [-0.39, 0.29) is 16.8 Å². The largest absolute Gasteiger partial charge is 0.379 e. The number of nitrogens with zero attached hydrogens (tertiary/aromatic N) is 1. The van der Waals surface area contributed by atoms with Crippen LogP contribution in [0.3, 0.4) is 0 Å². The number of hydrogen-bond donors (Lipinski definition) is 1. The van der Waals surface area contributed by atoms with Crippen LogP contribution in [0.15, 0.2) is 12.3 Å². The van der Waals surface area contributed by atoms with Crippen molar-refractivity contribution in [1.29, 1.82) is 0 Å². The van der Waals surface area contributed by atoms with Gasteiger partial charge in [-0.1, -0.05) is 11.6 Å². The van der Waals surface area contributed by atoms with Gasteiger partial charge in [-0.3, -0.25) is 4.79 Å². The van der Waals surface area contributed by atoms with Crippen molar-refractivity contribution in [3.05, 3.63) is 28.8 Å².